The summed E-state index contributed by atoms with van der Waals surface area (Å²) in [7, 11) is -2.55. The lowest BCUT2D eigenvalue weighted by Crippen LogP contribution is -2.25. The van der Waals surface area contributed by atoms with Gasteiger partial charge >= 0.3 is 5.97 Å². The van der Waals surface area contributed by atoms with Gasteiger partial charge in [0.25, 0.3) is 10.0 Å². The van der Waals surface area contributed by atoms with Crippen LogP contribution >= 0.6 is 0 Å². The molecule has 0 bridgehead atoms. The summed E-state index contributed by atoms with van der Waals surface area (Å²) in [6, 6.07) is 1.14. The van der Waals surface area contributed by atoms with Crippen molar-refractivity contribution in [2.45, 2.75) is 18.4 Å². The van der Waals surface area contributed by atoms with E-state index in [-0.39, 0.29) is 23.0 Å². The van der Waals surface area contributed by atoms with E-state index < -0.39 is 16.0 Å². The van der Waals surface area contributed by atoms with Gasteiger partial charge in [0.2, 0.25) is 5.09 Å². The van der Waals surface area contributed by atoms with Crippen LogP contribution in [0.15, 0.2) is 15.6 Å². The second-order valence-electron chi connectivity index (χ2n) is 3.57. The number of hydrogen-bond donors (Lipinski definition) is 2. The number of methoxy groups -OCH3 is 1. The SMILES string of the molecule is COC(=O)c1cc(S(=O)(=O)NCCCN)oc1C. The quantitative estimate of drug-likeness (QED) is 0.559. The molecule has 1 aromatic heterocycles. The highest BCUT2D eigenvalue weighted by molar-refractivity contribution is 7.89. The number of furan rings is 1. The van der Waals surface area contributed by atoms with Gasteiger partial charge in [0.15, 0.2) is 0 Å². The largest absolute Gasteiger partial charge is 0.465 e. The number of carbonyl (C=O) groups is 1. The molecule has 0 spiro atoms. The third kappa shape index (κ3) is 3.31. The zero-order valence-electron chi connectivity index (χ0n) is 10.2. The summed E-state index contributed by atoms with van der Waals surface area (Å²) in [5.74, 6) is -0.444. The lowest BCUT2D eigenvalue weighted by Gasteiger charge is -2.02. The first-order valence-electron chi connectivity index (χ1n) is 5.31. The minimum absolute atomic E-state index is 0.0942. The van der Waals surface area contributed by atoms with E-state index in [1.165, 1.54) is 14.0 Å². The van der Waals surface area contributed by atoms with Crippen molar-refractivity contribution in [3.8, 4) is 0 Å². The monoisotopic (exact) mass is 276 g/mol. The first kappa shape index (κ1) is 14.7. The van der Waals surface area contributed by atoms with Gasteiger partial charge in [-0.3, -0.25) is 0 Å². The summed E-state index contributed by atoms with van der Waals surface area (Å²) in [5, 5.41) is -0.308. The van der Waals surface area contributed by atoms with Gasteiger partial charge in [-0.25, -0.2) is 17.9 Å². The molecule has 0 saturated carbocycles. The second-order valence-corrected chi connectivity index (χ2v) is 5.26. The molecule has 0 aliphatic rings. The van der Waals surface area contributed by atoms with Crippen LogP contribution < -0.4 is 10.5 Å². The molecule has 0 aliphatic carbocycles. The molecule has 0 saturated heterocycles. The molecule has 102 valence electrons. The lowest BCUT2D eigenvalue weighted by molar-refractivity contribution is 0.0599. The first-order chi connectivity index (χ1) is 8.42. The number of aryl methyl sites for hydroxylation is 1. The van der Waals surface area contributed by atoms with Gasteiger partial charge in [0.1, 0.15) is 11.3 Å². The number of hydrogen-bond acceptors (Lipinski definition) is 6. The maximum Gasteiger partial charge on any atom is 0.341 e. The lowest BCUT2D eigenvalue weighted by atomic mass is 10.3. The maximum absolute atomic E-state index is 11.8. The van der Waals surface area contributed by atoms with E-state index in [1.807, 2.05) is 0 Å². The van der Waals surface area contributed by atoms with Gasteiger partial charge in [-0.2, -0.15) is 0 Å². The Hall–Kier alpha value is -1.38. The van der Waals surface area contributed by atoms with Crippen molar-refractivity contribution in [1.29, 1.82) is 0 Å². The Kier molecular flexibility index (Phi) is 4.88. The Labute approximate surface area is 105 Å². The highest BCUT2D eigenvalue weighted by Gasteiger charge is 2.23. The Bertz CT molecular complexity index is 520. The fraction of sp³-hybridized carbons (Fsp3) is 0.500. The molecule has 1 heterocycles. The Morgan fingerprint density at radius 3 is 2.78 bits per heavy atom. The molecule has 7 nitrogen and oxygen atoms in total. The number of esters is 1. The number of nitrogens with two attached hydrogens (primary N) is 1. The minimum Gasteiger partial charge on any atom is -0.465 e. The number of carbonyl (C=O) groups excluding carboxylic acids is 1. The Balaban J connectivity index is 2.93. The Morgan fingerprint density at radius 1 is 1.56 bits per heavy atom. The van der Waals surface area contributed by atoms with Crippen LogP contribution in [0.25, 0.3) is 0 Å². The van der Waals surface area contributed by atoms with Crippen molar-refractivity contribution >= 4 is 16.0 Å². The van der Waals surface area contributed by atoms with Crippen LogP contribution in [0.5, 0.6) is 0 Å². The van der Waals surface area contributed by atoms with E-state index in [4.69, 9.17) is 10.2 Å². The normalized spacial score (nSPS) is 11.5. The molecule has 0 atom stereocenters. The molecule has 3 N–H and O–H groups in total. The summed E-state index contributed by atoms with van der Waals surface area (Å²) < 4.78 is 35.5. The standard InChI is InChI=1S/C10H16N2O5S/c1-7-8(10(13)16-2)6-9(17-7)18(14,15)12-5-3-4-11/h6,12H,3-5,11H2,1-2H3. The van der Waals surface area contributed by atoms with Gasteiger partial charge in [-0.05, 0) is 19.9 Å². The summed E-state index contributed by atoms with van der Waals surface area (Å²) in [6.07, 6.45) is 0.517. The first-order valence-corrected chi connectivity index (χ1v) is 6.79. The molecule has 0 radical (unpaired) electrons. The number of rotatable bonds is 6. The molecule has 0 aliphatic heterocycles. The predicted octanol–water partition coefficient (Wildman–Crippen LogP) is 0.00172. The van der Waals surface area contributed by atoms with Gasteiger partial charge in [0, 0.05) is 12.6 Å². The van der Waals surface area contributed by atoms with Crippen molar-refractivity contribution in [3.63, 3.8) is 0 Å². The van der Waals surface area contributed by atoms with Crippen molar-refractivity contribution in [3.05, 3.63) is 17.4 Å². The highest BCUT2D eigenvalue weighted by atomic mass is 32.2. The molecule has 18 heavy (non-hydrogen) atoms. The van der Waals surface area contributed by atoms with Crippen molar-refractivity contribution in [1.82, 2.24) is 4.72 Å². The van der Waals surface area contributed by atoms with Crippen LogP contribution in [0.1, 0.15) is 22.5 Å². The summed E-state index contributed by atoms with van der Waals surface area (Å²) >= 11 is 0. The predicted molar refractivity (Wildman–Crippen MR) is 63.6 cm³/mol. The van der Waals surface area contributed by atoms with E-state index in [1.54, 1.807) is 0 Å². The molecular formula is C10H16N2O5S. The average Bonchev–Trinajstić information content (AvgIpc) is 2.71. The summed E-state index contributed by atoms with van der Waals surface area (Å²) in [4.78, 5) is 11.3. The third-order valence-electron chi connectivity index (χ3n) is 2.24. The molecule has 0 unspecified atom stereocenters. The third-order valence-corrected chi connectivity index (χ3v) is 3.55. The number of ether oxygens (including phenoxy) is 1. The minimum atomic E-state index is -3.76. The van der Waals surface area contributed by atoms with Crippen LogP contribution in [0.4, 0.5) is 0 Å². The average molecular weight is 276 g/mol. The van der Waals surface area contributed by atoms with Gasteiger partial charge in [-0.1, -0.05) is 0 Å². The van der Waals surface area contributed by atoms with E-state index in [0.29, 0.717) is 13.0 Å². The van der Waals surface area contributed by atoms with E-state index in [2.05, 4.69) is 9.46 Å². The van der Waals surface area contributed by atoms with Crippen molar-refractivity contribution in [2.75, 3.05) is 20.2 Å². The fourth-order valence-corrected chi connectivity index (χ4v) is 2.34. The maximum atomic E-state index is 11.8. The van der Waals surface area contributed by atoms with Crippen molar-refractivity contribution < 1.29 is 22.4 Å². The van der Waals surface area contributed by atoms with Crippen LogP contribution in [-0.4, -0.2) is 34.6 Å². The van der Waals surface area contributed by atoms with Crippen LogP contribution in [0, 0.1) is 6.92 Å². The van der Waals surface area contributed by atoms with Crippen LogP contribution in [0.3, 0.4) is 0 Å². The number of sulfonamides is 1. The van der Waals surface area contributed by atoms with Gasteiger partial charge in [-0.15, -0.1) is 0 Å². The molecule has 0 fully saturated rings. The zero-order valence-corrected chi connectivity index (χ0v) is 11.0. The summed E-state index contributed by atoms with van der Waals surface area (Å²) in [5.41, 5.74) is 5.36. The highest BCUT2D eigenvalue weighted by Crippen LogP contribution is 2.19. The second kappa shape index (κ2) is 5.98. The van der Waals surface area contributed by atoms with E-state index >= 15 is 0 Å². The molecule has 0 amide bonds. The molecule has 1 rings (SSSR count). The zero-order chi connectivity index (χ0) is 13.8. The molecule has 8 heteroatoms. The smallest absolute Gasteiger partial charge is 0.341 e. The van der Waals surface area contributed by atoms with Gasteiger partial charge < -0.3 is 14.9 Å². The van der Waals surface area contributed by atoms with Crippen LogP contribution in [-0.2, 0) is 14.8 Å². The van der Waals surface area contributed by atoms with E-state index in [0.717, 1.165) is 6.07 Å². The Morgan fingerprint density at radius 2 is 2.22 bits per heavy atom. The van der Waals surface area contributed by atoms with Crippen molar-refractivity contribution in [2.24, 2.45) is 5.73 Å². The number of nitrogens with one attached hydrogen (secondary N) is 1. The molecule has 1 aromatic rings. The molecular weight excluding hydrogens is 260 g/mol. The topological polar surface area (TPSA) is 112 Å². The van der Waals surface area contributed by atoms with E-state index in [9.17, 15) is 13.2 Å². The fourth-order valence-electron chi connectivity index (χ4n) is 1.28. The van der Waals surface area contributed by atoms with Crippen LogP contribution in [0.2, 0.25) is 0 Å². The summed E-state index contributed by atoms with van der Waals surface area (Å²) in [6.45, 7) is 2.09. The molecule has 0 aromatic carbocycles. The van der Waals surface area contributed by atoms with Gasteiger partial charge in [0.05, 0.1) is 7.11 Å².